The fourth-order valence-corrected chi connectivity index (χ4v) is 4.78. The second-order valence-corrected chi connectivity index (χ2v) is 9.24. The number of rotatable bonds is 5. The summed E-state index contributed by atoms with van der Waals surface area (Å²) in [6.45, 7) is 4.22. The third-order valence-corrected chi connectivity index (χ3v) is 6.74. The molecule has 2 fully saturated rings. The number of likely N-dealkylation sites (tertiary alicyclic amines) is 1. The van der Waals surface area contributed by atoms with E-state index in [2.05, 4.69) is 26.6 Å². The van der Waals surface area contributed by atoms with Crippen molar-refractivity contribution in [3.8, 4) is 6.07 Å². The predicted molar refractivity (Wildman–Crippen MR) is 110 cm³/mol. The second kappa shape index (κ2) is 8.44. The zero-order valence-electron chi connectivity index (χ0n) is 16.9. The van der Waals surface area contributed by atoms with E-state index in [-0.39, 0.29) is 42.4 Å². The molecule has 1 saturated carbocycles. The summed E-state index contributed by atoms with van der Waals surface area (Å²) in [7, 11) is 0. The largest absolute Gasteiger partial charge is 0.446 e. The Morgan fingerprint density at radius 3 is 3.00 bits per heavy atom. The molecule has 1 saturated heterocycles. The number of aryl methyl sites for hydroxylation is 1. The fourth-order valence-electron chi connectivity index (χ4n) is 3.98. The van der Waals surface area contributed by atoms with Gasteiger partial charge >= 0.3 is 6.09 Å². The predicted octanol–water partition coefficient (Wildman–Crippen LogP) is 2.97. The lowest BCUT2D eigenvalue weighted by atomic mass is 9.92. The van der Waals surface area contributed by atoms with E-state index >= 15 is 0 Å². The van der Waals surface area contributed by atoms with Crippen LogP contribution in [0, 0.1) is 24.2 Å². The Morgan fingerprint density at radius 2 is 2.30 bits per heavy atom. The number of nitriles is 1. The highest BCUT2D eigenvalue weighted by molar-refractivity contribution is 7.11. The first kappa shape index (κ1) is 20.3. The minimum absolute atomic E-state index is 0.0904. The molecular weight excluding hydrogens is 404 g/mol. The van der Waals surface area contributed by atoms with Crippen LogP contribution in [-0.4, -0.2) is 50.8 Å². The van der Waals surface area contributed by atoms with Gasteiger partial charge in [0, 0.05) is 41.3 Å². The third kappa shape index (κ3) is 4.31. The van der Waals surface area contributed by atoms with Gasteiger partial charge < -0.3 is 15.0 Å². The van der Waals surface area contributed by atoms with Gasteiger partial charge in [0.25, 0.3) is 0 Å². The molecule has 2 aliphatic rings. The van der Waals surface area contributed by atoms with Crippen LogP contribution in [-0.2, 0) is 16.0 Å². The van der Waals surface area contributed by atoms with Gasteiger partial charge in [-0.1, -0.05) is 0 Å². The number of carbonyl (C=O) groups is 2. The number of H-pyrrole nitrogens is 1. The maximum Gasteiger partial charge on any atom is 0.410 e. The molecule has 2 aromatic heterocycles. The summed E-state index contributed by atoms with van der Waals surface area (Å²) in [5.41, 5.74) is 0.930. The Hall–Kier alpha value is -2.93. The molecule has 30 heavy (non-hydrogen) atoms. The van der Waals surface area contributed by atoms with Crippen molar-refractivity contribution in [3.05, 3.63) is 27.8 Å². The molecule has 0 spiro atoms. The van der Waals surface area contributed by atoms with Gasteiger partial charge in [-0.2, -0.15) is 10.4 Å². The average Bonchev–Trinajstić information content (AvgIpc) is 3.42. The van der Waals surface area contributed by atoms with E-state index in [4.69, 9.17) is 10.00 Å². The Kier molecular flexibility index (Phi) is 5.72. The normalized spacial score (nSPS) is 25.4. The van der Waals surface area contributed by atoms with Crippen LogP contribution in [0.25, 0.3) is 0 Å². The lowest BCUT2D eigenvalue weighted by molar-refractivity contribution is -0.115. The highest BCUT2D eigenvalue weighted by Gasteiger charge is 2.41. The molecule has 2 amide bonds. The summed E-state index contributed by atoms with van der Waals surface area (Å²) in [5, 5.41) is 19.9. The van der Waals surface area contributed by atoms with Crippen LogP contribution < -0.4 is 5.32 Å². The van der Waals surface area contributed by atoms with Crippen molar-refractivity contribution in [2.24, 2.45) is 5.92 Å². The smallest absolute Gasteiger partial charge is 0.410 e. The summed E-state index contributed by atoms with van der Waals surface area (Å²) in [6, 6.07) is 3.95. The van der Waals surface area contributed by atoms with Gasteiger partial charge in [-0.15, -0.1) is 11.3 Å². The second-order valence-electron chi connectivity index (χ2n) is 7.92. The summed E-state index contributed by atoms with van der Waals surface area (Å²) in [5.74, 6) is 0.460. The SMILES string of the molecule is Cc1ncc(CC(=O)Nc2cc([C@H]3CC[C@@H](OC(=O)N4C[C@@H](C#N)[C@@H]4C)C3)[nH]n2)s1. The molecule has 0 aromatic carbocycles. The van der Waals surface area contributed by atoms with Crippen LogP contribution in [0.2, 0.25) is 0 Å². The molecule has 10 heteroatoms. The van der Waals surface area contributed by atoms with Crippen LogP contribution in [0.4, 0.5) is 10.6 Å². The maximum absolute atomic E-state index is 12.3. The zero-order valence-corrected chi connectivity index (χ0v) is 17.7. The number of hydrogen-bond acceptors (Lipinski definition) is 7. The molecule has 9 nitrogen and oxygen atoms in total. The molecular formula is C20H24N6O3S. The number of carbonyl (C=O) groups excluding carboxylic acids is 2. The lowest BCUT2D eigenvalue weighted by Crippen LogP contribution is -2.57. The number of thiazole rings is 1. The number of nitrogens with one attached hydrogen (secondary N) is 2. The van der Waals surface area contributed by atoms with E-state index in [1.54, 1.807) is 11.1 Å². The van der Waals surface area contributed by atoms with Crippen LogP contribution in [0.15, 0.2) is 12.3 Å². The third-order valence-electron chi connectivity index (χ3n) is 5.83. The summed E-state index contributed by atoms with van der Waals surface area (Å²) < 4.78 is 5.64. The summed E-state index contributed by atoms with van der Waals surface area (Å²) in [4.78, 5) is 31.2. The Bertz CT molecular complexity index is 979. The number of anilines is 1. The molecule has 1 aliphatic heterocycles. The van der Waals surface area contributed by atoms with E-state index in [0.717, 1.165) is 28.4 Å². The first-order valence-corrected chi connectivity index (χ1v) is 10.9. The van der Waals surface area contributed by atoms with Gasteiger partial charge in [0.05, 0.1) is 23.4 Å². The zero-order chi connectivity index (χ0) is 21.3. The molecule has 3 heterocycles. The van der Waals surface area contributed by atoms with Crippen molar-refractivity contribution in [2.75, 3.05) is 11.9 Å². The number of aromatic nitrogens is 3. The molecule has 2 aromatic rings. The van der Waals surface area contributed by atoms with Crippen molar-refractivity contribution in [1.29, 1.82) is 5.26 Å². The van der Waals surface area contributed by atoms with Gasteiger partial charge in [0.15, 0.2) is 5.82 Å². The average molecular weight is 429 g/mol. The molecule has 1 aliphatic carbocycles. The number of nitrogens with zero attached hydrogens (tertiary/aromatic N) is 4. The Morgan fingerprint density at radius 1 is 1.47 bits per heavy atom. The first-order chi connectivity index (χ1) is 14.4. The van der Waals surface area contributed by atoms with Crippen molar-refractivity contribution in [1.82, 2.24) is 20.1 Å². The van der Waals surface area contributed by atoms with E-state index in [1.807, 2.05) is 19.9 Å². The van der Waals surface area contributed by atoms with Gasteiger partial charge in [0.1, 0.15) is 6.10 Å². The van der Waals surface area contributed by atoms with Gasteiger partial charge in [-0.3, -0.25) is 9.89 Å². The summed E-state index contributed by atoms with van der Waals surface area (Å²) >= 11 is 1.51. The molecule has 4 atom stereocenters. The van der Waals surface area contributed by atoms with Crippen LogP contribution in [0.3, 0.4) is 0 Å². The summed E-state index contributed by atoms with van der Waals surface area (Å²) in [6.07, 6.45) is 3.89. The van der Waals surface area contributed by atoms with Gasteiger partial charge in [-0.25, -0.2) is 9.78 Å². The minimum atomic E-state index is -0.337. The Labute approximate surface area is 178 Å². The highest BCUT2D eigenvalue weighted by atomic mass is 32.1. The van der Waals surface area contributed by atoms with Crippen molar-refractivity contribution in [3.63, 3.8) is 0 Å². The van der Waals surface area contributed by atoms with Crippen molar-refractivity contribution >= 4 is 29.2 Å². The van der Waals surface area contributed by atoms with E-state index in [1.165, 1.54) is 11.3 Å². The van der Waals surface area contributed by atoms with Gasteiger partial charge in [0.2, 0.25) is 5.91 Å². The van der Waals surface area contributed by atoms with Crippen molar-refractivity contribution < 1.29 is 14.3 Å². The van der Waals surface area contributed by atoms with Crippen molar-refractivity contribution in [2.45, 2.75) is 57.6 Å². The molecule has 0 bridgehead atoms. The number of hydrogen-bond donors (Lipinski definition) is 2. The molecule has 0 unspecified atom stereocenters. The number of amides is 2. The quantitative estimate of drug-likeness (QED) is 0.754. The number of aromatic amines is 1. The maximum atomic E-state index is 12.3. The first-order valence-electron chi connectivity index (χ1n) is 10.1. The van der Waals surface area contributed by atoms with E-state index in [9.17, 15) is 9.59 Å². The highest BCUT2D eigenvalue weighted by Crippen LogP contribution is 2.36. The fraction of sp³-hybridized carbons (Fsp3) is 0.550. The number of ether oxygens (including phenoxy) is 1. The molecule has 158 valence electrons. The van der Waals surface area contributed by atoms with Crippen LogP contribution in [0.5, 0.6) is 0 Å². The molecule has 2 N–H and O–H groups in total. The van der Waals surface area contributed by atoms with Gasteiger partial charge in [-0.05, 0) is 33.1 Å². The van der Waals surface area contributed by atoms with E-state index in [0.29, 0.717) is 18.8 Å². The Balaban J connectivity index is 1.26. The standard InChI is InChI=1S/C20H24N6O3S/c1-11-14(8-21)10-26(11)20(28)29-15-4-3-13(5-15)17-7-18(25-24-17)23-19(27)6-16-9-22-12(2)30-16/h7,9,11,13-15H,3-6,10H2,1-2H3,(H2,23,24,25,27)/t11-,13-,14+,15+/m0/s1. The van der Waals surface area contributed by atoms with E-state index < -0.39 is 0 Å². The topological polar surface area (TPSA) is 124 Å². The van der Waals surface area contributed by atoms with Crippen LogP contribution >= 0.6 is 11.3 Å². The molecule has 4 rings (SSSR count). The monoisotopic (exact) mass is 428 g/mol. The molecule has 0 radical (unpaired) electrons. The van der Waals surface area contributed by atoms with Crippen LogP contribution in [0.1, 0.15) is 47.7 Å². The lowest BCUT2D eigenvalue weighted by Gasteiger charge is -2.42. The minimum Gasteiger partial charge on any atom is -0.446 e.